The number of hydrogen-bond donors (Lipinski definition) is 0. The maximum absolute atomic E-state index is 13.6. The van der Waals surface area contributed by atoms with E-state index >= 15 is 0 Å². The van der Waals surface area contributed by atoms with Crippen LogP contribution in [0.2, 0.25) is 0 Å². The highest BCUT2D eigenvalue weighted by molar-refractivity contribution is 7.13. The monoisotopic (exact) mass is 431 g/mol. The number of aromatic nitrogens is 2. The molecule has 2 aliphatic heterocycles. The molecule has 1 fully saturated rings. The predicted octanol–water partition coefficient (Wildman–Crippen LogP) is 3.26. The normalized spacial score (nSPS) is 28.8. The van der Waals surface area contributed by atoms with Gasteiger partial charge in [0.2, 0.25) is 5.13 Å². The molecule has 2 aromatic rings. The van der Waals surface area contributed by atoms with Gasteiger partial charge in [0.05, 0.1) is 18.6 Å². The van der Waals surface area contributed by atoms with Crippen LogP contribution in [0.25, 0.3) is 0 Å². The van der Waals surface area contributed by atoms with Gasteiger partial charge in [0, 0.05) is 10.9 Å². The number of halogens is 1. The minimum absolute atomic E-state index is 0.0629. The molecule has 1 saturated carbocycles. The van der Waals surface area contributed by atoms with Crippen molar-refractivity contribution in [3.63, 3.8) is 0 Å². The molecular weight excluding hydrogens is 414 g/mol. The van der Waals surface area contributed by atoms with E-state index < -0.39 is 6.04 Å². The molecule has 0 radical (unpaired) electrons. The molecule has 0 N–H and O–H groups in total. The molecule has 3 heterocycles. The second-order valence-corrected chi connectivity index (χ2v) is 8.75. The van der Waals surface area contributed by atoms with Gasteiger partial charge in [-0.05, 0) is 25.3 Å². The molecule has 0 spiro atoms. The zero-order valence-electron chi connectivity index (χ0n) is 15.6. The predicted molar refractivity (Wildman–Crippen MR) is 107 cm³/mol. The molecule has 1 aliphatic carbocycles. The van der Waals surface area contributed by atoms with Crippen molar-refractivity contribution in [1.29, 1.82) is 0 Å². The average Bonchev–Trinajstić information content (AvgIpc) is 3.35. The van der Waals surface area contributed by atoms with Crippen LogP contribution in [-0.4, -0.2) is 40.5 Å². The summed E-state index contributed by atoms with van der Waals surface area (Å²) < 4.78 is 11.7. The number of benzene rings is 1. The Bertz CT molecular complexity index is 1010. The van der Waals surface area contributed by atoms with Crippen molar-refractivity contribution in [2.45, 2.75) is 36.8 Å². The summed E-state index contributed by atoms with van der Waals surface area (Å²) in [5, 5.41) is 8.30. The van der Waals surface area contributed by atoms with Gasteiger partial charge >= 0.3 is 0 Å². The zero-order chi connectivity index (χ0) is 20.1. The number of methoxy groups -OCH3 is 1. The van der Waals surface area contributed by atoms with E-state index in [-0.39, 0.29) is 34.8 Å². The lowest BCUT2D eigenvalue weighted by Gasteiger charge is -2.37. The van der Waals surface area contributed by atoms with E-state index in [4.69, 9.17) is 21.1 Å². The first-order valence-electron chi connectivity index (χ1n) is 9.42. The molecule has 7 nitrogen and oxygen atoms in total. The third-order valence-electron chi connectivity index (χ3n) is 5.77. The van der Waals surface area contributed by atoms with Gasteiger partial charge in [0.1, 0.15) is 23.4 Å². The molecule has 150 valence electrons. The van der Waals surface area contributed by atoms with Crippen molar-refractivity contribution in [3.8, 4) is 5.75 Å². The lowest BCUT2D eigenvalue weighted by Crippen LogP contribution is -2.41. The Morgan fingerprint density at radius 1 is 1.28 bits per heavy atom. The zero-order valence-corrected chi connectivity index (χ0v) is 17.2. The first-order chi connectivity index (χ1) is 14.1. The van der Waals surface area contributed by atoms with Gasteiger partial charge in [-0.15, -0.1) is 21.8 Å². The van der Waals surface area contributed by atoms with Gasteiger partial charge in [0.25, 0.3) is 5.91 Å². The van der Waals surface area contributed by atoms with E-state index in [1.807, 2.05) is 24.3 Å². The lowest BCUT2D eigenvalue weighted by molar-refractivity contribution is -0.131. The SMILES string of the molecule is COc1ccccc1C1C2=C(OC3CCC(Cl)CC3C2=O)C(=O)N1c1nncs1. The summed E-state index contributed by atoms with van der Waals surface area (Å²) in [7, 11) is 1.56. The highest BCUT2D eigenvalue weighted by Crippen LogP contribution is 2.50. The van der Waals surface area contributed by atoms with Crippen LogP contribution in [-0.2, 0) is 14.3 Å². The van der Waals surface area contributed by atoms with Gasteiger partial charge in [-0.25, -0.2) is 0 Å². The molecule has 0 saturated heterocycles. The molecule has 4 unspecified atom stereocenters. The number of Topliss-reactive ketones (excluding diaryl/α,β-unsaturated/α-hetero) is 1. The lowest BCUT2D eigenvalue weighted by atomic mass is 9.77. The highest BCUT2D eigenvalue weighted by Gasteiger charge is 2.54. The van der Waals surface area contributed by atoms with Crippen molar-refractivity contribution in [2.75, 3.05) is 12.0 Å². The average molecular weight is 432 g/mol. The maximum atomic E-state index is 13.6. The number of hydrogen-bond acceptors (Lipinski definition) is 7. The van der Waals surface area contributed by atoms with E-state index in [1.54, 1.807) is 12.6 Å². The Hall–Kier alpha value is -2.45. The second-order valence-electron chi connectivity index (χ2n) is 7.32. The largest absolute Gasteiger partial charge is 0.496 e. The number of ether oxygens (including phenoxy) is 2. The number of anilines is 1. The summed E-state index contributed by atoms with van der Waals surface area (Å²) >= 11 is 7.58. The minimum Gasteiger partial charge on any atom is -0.496 e. The number of rotatable bonds is 3. The van der Waals surface area contributed by atoms with Crippen molar-refractivity contribution >= 4 is 39.8 Å². The summed E-state index contributed by atoms with van der Waals surface area (Å²) in [4.78, 5) is 28.4. The Kier molecular flexibility index (Phi) is 4.55. The molecule has 1 aromatic heterocycles. The van der Waals surface area contributed by atoms with E-state index in [2.05, 4.69) is 10.2 Å². The van der Waals surface area contributed by atoms with Crippen molar-refractivity contribution in [1.82, 2.24) is 10.2 Å². The molecule has 9 heteroatoms. The molecular formula is C20H18ClN3O4S. The topological polar surface area (TPSA) is 81.6 Å². The van der Waals surface area contributed by atoms with Gasteiger partial charge in [-0.2, -0.15) is 0 Å². The smallest absolute Gasteiger partial charge is 0.296 e. The molecule has 0 bridgehead atoms. The number of para-hydroxylation sites is 1. The summed E-state index contributed by atoms with van der Waals surface area (Å²) in [6.45, 7) is 0. The number of carbonyl (C=O) groups excluding carboxylic acids is 2. The summed E-state index contributed by atoms with van der Waals surface area (Å²) in [5.41, 5.74) is 2.62. The summed E-state index contributed by atoms with van der Waals surface area (Å²) in [6, 6.07) is 6.68. The minimum atomic E-state index is -0.675. The van der Waals surface area contributed by atoms with Gasteiger partial charge in [0.15, 0.2) is 11.5 Å². The highest BCUT2D eigenvalue weighted by atomic mass is 35.5. The quantitative estimate of drug-likeness (QED) is 0.694. The van der Waals surface area contributed by atoms with Crippen LogP contribution in [0.1, 0.15) is 30.9 Å². The summed E-state index contributed by atoms with van der Waals surface area (Å²) in [5.74, 6) is -0.0765. The van der Waals surface area contributed by atoms with Crippen LogP contribution in [0.15, 0.2) is 41.1 Å². The Morgan fingerprint density at radius 2 is 2.10 bits per heavy atom. The fraction of sp³-hybridized carbons (Fsp3) is 0.400. The molecule has 1 aromatic carbocycles. The fourth-order valence-electron chi connectivity index (χ4n) is 4.47. The fourth-order valence-corrected chi connectivity index (χ4v) is 5.37. The number of alkyl halides is 1. The third-order valence-corrected chi connectivity index (χ3v) is 6.86. The van der Waals surface area contributed by atoms with Crippen molar-refractivity contribution in [2.24, 2.45) is 5.92 Å². The van der Waals surface area contributed by atoms with Crippen LogP contribution < -0.4 is 9.64 Å². The van der Waals surface area contributed by atoms with Crippen molar-refractivity contribution < 1.29 is 19.1 Å². The van der Waals surface area contributed by atoms with E-state index in [0.29, 0.717) is 34.9 Å². The molecule has 1 amide bonds. The van der Waals surface area contributed by atoms with Crippen LogP contribution >= 0.6 is 22.9 Å². The Balaban J connectivity index is 1.67. The van der Waals surface area contributed by atoms with Crippen molar-refractivity contribution in [3.05, 3.63) is 46.7 Å². The first kappa shape index (κ1) is 18.6. The molecule has 29 heavy (non-hydrogen) atoms. The standard InChI is InChI=1S/C20H18ClN3O4S/c1-27-13-5-3-2-4-11(13)16-15-17(25)12-8-10(21)6-7-14(12)28-18(15)19(26)24(16)20-23-22-9-29-20/h2-5,9-10,12,14,16H,6-8H2,1H3. The van der Waals surface area contributed by atoms with E-state index in [1.165, 1.54) is 16.2 Å². The Morgan fingerprint density at radius 3 is 2.86 bits per heavy atom. The number of nitrogens with zero attached hydrogens (tertiary/aromatic N) is 3. The number of carbonyl (C=O) groups is 2. The molecule has 3 aliphatic rings. The maximum Gasteiger partial charge on any atom is 0.296 e. The van der Waals surface area contributed by atoms with Crippen LogP contribution in [0.4, 0.5) is 5.13 Å². The van der Waals surface area contributed by atoms with Gasteiger partial charge in [-0.3, -0.25) is 14.5 Å². The van der Waals surface area contributed by atoms with Gasteiger partial charge < -0.3 is 9.47 Å². The first-order valence-corrected chi connectivity index (χ1v) is 10.7. The van der Waals surface area contributed by atoms with Gasteiger partial charge in [-0.1, -0.05) is 29.5 Å². The summed E-state index contributed by atoms with van der Waals surface area (Å²) in [6.07, 6.45) is 1.66. The Labute approximate surface area is 176 Å². The third kappa shape index (κ3) is 2.85. The number of amides is 1. The number of ketones is 1. The molecule has 4 atom stereocenters. The second kappa shape index (κ2) is 7.11. The van der Waals surface area contributed by atoms with E-state index in [0.717, 1.165) is 6.42 Å². The van der Waals surface area contributed by atoms with E-state index in [9.17, 15) is 9.59 Å². The van der Waals surface area contributed by atoms with Crippen LogP contribution in [0.5, 0.6) is 5.75 Å². The van der Waals surface area contributed by atoms with Crippen LogP contribution in [0, 0.1) is 5.92 Å². The van der Waals surface area contributed by atoms with Crippen LogP contribution in [0.3, 0.4) is 0 Å². The molecule has 5 rings (SSSR count). The number of fused-ring (bicyclic) bond motifs is 1.